The van der Waals surface area contributed by atoms with Crippen LogP contribution in [0.2, 0.25) is 10.0 Å². The number of Topliss-reactive ketones (excluding diaryl/α,β-unsaturated/α-hetero) is 1. The number of benzene rings is 2. The number of rotatable bonds is 7. The van der Waals surface area contributed by atoms with Crippen molar-refractivity contribution in [2.75, 3.05) is 20.3 Å². The smallest absolute Gasteiger partial charge is 0.295 e. The quantitative estimate of drug-likeness (QED) is 0.360. The van der Waals surface area contributed by atoms with Gasteiger partial charge in [0.25, 0.3) is 11.7 Å². The predicted molar refractivity (Wildman–Crippen MR) is 120 cm³/mol. The molecule has 6 nitrogen and oxygen atoms in total. The standard InChI is InChI=1S/C23H23Cl2NO5/c1-13(2)31-16-7-4-14(5-8-16)21(27)19-20(17-9-6-15(24)12-18(17)25)26(10-11-30-3)23(29)22(19)28/h4-9,12-13,20,27H,10-11H2,1-3H3/b21-19+/t20-/m0/s1. The molecule has 0 aromatic heterocycles. The topological polar surface area (TPSA) is 76.1 Å². The van der Waals surface area contributed by atoms with Gasteiger partial charge in [0.15, 0.2) is 0 Å². The molecule has 0 spiro atoms. The molecule has 1 N–H and O–H groups in total. The van der Waals surface area contributed by atoms with Gasteiger partial charge in [0.1, 0.15) is 11.5 Å². The molecule has 0 unspecified atom stereocenters. The van der Waals surface area contributed by atoms with Gasteiger partial charge in [-0.2, -0.15) is 0 Å². The Labute approximate surface area is 191 Å². The van der Waals surface area contributed by atoms with E-state index in [0.29, 0.717) is 21.9 Å². The summed E-state index contributed by atoms with van der Waals surface area (Å²) in [6.45, 7) is 4.19. The maximum Gasteiger partial charge on any atom is 0.295 e. The number of ether oxygens (including phenoxy) is 2. The molecule has 3 rings (SSSR count). The van der Waals surface area contributed by atoms with Gasteiger partial charge >= 0.3 is 0 Å². The highest BCUT2D eigenvalue weighted by Crippen LogP contribution is 2.42. The van der Waals surface area contributed by atoms with E-state index in [1.54, 1.807) is 36.4 Å². The molecule has 0 aliphatic carbocycles. The fraction of sp³-hybridized carbons (Fsp3) is 0.304. The summed E-state index contributed by atoms with van der Waals surface area (Å²) in [4.78, 5) is 27.1. The second-order valence-corrected chi connectivity index (χ2v) is 8.19. The number of carbonyl (C=O) groups excluding carboxylic acids is 2. The molecule has 1 atom stereocenters. The predicted octanol–water partition coefficient (Wildman–Crippen LogP) is 4.85. The maximum absolute atomic E-state index is 12.9. The van der Waals surface area contributed by atoms with Gasteiger partial charge in [0.05, 0.1) is 24.3 Å². The molecule has 0 radical (unpaired) electrons. The van der Waals surface area contributed by atoms with Crippen LogP contribution in [0.5, 0.6) is 5.75 Å². The van der Waals surface area contributed by atoms with Crippen LogP contribution < -0.4 is 4.74 Å². The number of halogens is 2. The molecule has 0 saturated carbocycles. The third kappa shape index (κ3) is 4.87. The monoisotopic (exact) mass is 463 g/mol. The van der Waals surface area contributed by atoms with Gasteiger partial charge in [-0.15, -0.1) is 0 Å². The molecule has 1 aliphatic heterocycles. The number of methoxy groups -OCH3 is 1. The number of aliphatic hydroxyl groups excluding tert-OH is 1. The number of hydrogen-bond acceptors (Lipinski definition) is 5. The van der Waals surface area contributed by atoms with E-state index in [0.717, 1.165) is 0 Å². The van der Waals surface area contributed by atoms with E-state index in [4.69, 9.17) is 32.7 Å². The molecular weight excluding hydrogens is 441 g/mol. The van der Waals surface area contributed by atoms with Crippen LogP contribution in [0.4, 0.5) is 0 Å². The van der Waals surface area contributed by atoms with Gasteiger partial charge in [-0.3, -0.25) is 9.59 Å². The second kappa shape index (κ2) is 9.73. The van der Waals surface area contributed by atoms with E-state index in [2.05, 4.69) is 0 Å². The number of nitrogens with zero attached hydrogens (tertiary/aromatic N) is 1. The largest absolute Gasteiger partial charge is 0.507 e. The number of carbonyl (C=O) groups is 2. The fourth-order valence-electron chi connectivity index (χ4n) is 3.47. The summed E-state index contributed by atoms with van der Waals surface area (Å²) < 4.78 is 10.7. The first-order valence-electron chi connectivity index (χ1n) is 9.74. The number of amides is 1. The van der Waals surface area contributed by atoms with Crippen molar-refractivity contribution in [3.8, 4) is 5.75 Å². The Morgan fingerprint density at radius 3 is 2.39 bits per heavy atom. The molecule has 0 bridgehead atoms. The maximum atomic E-state index is 12.9. The zero-order valence-electron chi connectivity index (χ0n) is 17.4. The van der Waals surface area contributed by atoms with E-state index in [1.807, 2.05) is 13.8 Å². The van der Waals surface area contributed by atoms with E-state index < -0.39 is 17.7 Å². The van der Waals surface area contributed by atoms with Crippen LogP contribution in [0.25, 0.3) is 5.76 Å². The van der Waals surface area contributed by atoms with E-state index in [9.17, 15) is 14.7 Å². The summed E-state index contributed by atoms with van der Waals surface area (Å²) in [5.74, 6) is -1.17. The number of aliphatic hydroxyl groups is 1. The Balaban J connectivity index is 2.12. The van der Waals surface area contributed by atoms with Crippen molar-refractivity contribution in [2.45, 2.75) is 26.0 Å². The van der Waals surface area contributed by atoms with Gasteiger partial charge in [-0.05, 0) is 55.8 Å². The van der Waals surface area contributed by atoms with Gasteiger partial charge in [-0.25, -0.2) is 0 Å². The highest BCUT2D eigenvalue weighted by atomic mass is 35.5. The Kier molecular flexibility index (Phi) is 7.26. The molecule has 31 heavy (non-hydrogen) atoms. The highest BCUT2D eigenvalue weighted by Gasteiger charge is 2.46. The minimum absolute atomic E-state index is 0.00222. The number of hydrogen-bond donors (Lipinski definition) is 1. The minimum Gasteiger partial charge on any atom is -0.507 e. The van der Waals surface area contributed by atoms with Gasteiger partial charge < -0.3 is 19.5 Å². The highest BCUT2D eigenvalue weighted by molar-refractivity contribution is 6.47. The summed E-state index contributed by atoms with van der Waals surface area (Å²) in [7, 11) is 1.50. The molecule has 1 amide bonds. The Hall–Kier alpha value is -2.54. The van der Waals surface area contributed by atoms with Crippen LogP contribution in [0.15, 0.2) is 48.0 Å². The third-order valence-corrected chi connectivity index (χ3v) is 5.40. The average molecular weight is 464 g/mol. The van der Waals surface area contributed by atoms with E-state index in [-0.39, 0.29) is 35.6 Å². The second-order valence-electron chi connectivity index (χ2n) is 7.34. The molecule has 2 aromatic rings. The zero-order chi connectivity index (χ0) is 22.7. The molecule has 1 saturated heterocycles. The van der Waals surface area contributed by atoms with Crippen molar-refractivity contribution < 1.29 is 24.2 Å². The van der Waals surface area contributed by atoms with Crippen LogP contribution in [0.3, 0.4) is 0 Å². The molecule has 1 aliphatic rings. The summed E-state index contributed by atoms with van der Waals surface area (Å²) in [5, 5.41) is 11.7. The fourth-order valence-corrected chi connectivity index (χ4v) is 3.98. The minimum atomic E-state index is -0.869. The summed E-state index contributed by atoms with van der Waals surface area (Å²) in [6, 6.07) is 10.6. The molecule has 8 heteroatoms. The van der Waals surface area contributed by atoms with Crippen molar-refractivity contribution in [1.29, 1.82) is 0 Å². The van der Waals surface area contributed by atoms with Crippen molar-refractivity contribution >= 4 is 40.7 Å². The lowest BCUT2D eigenvalue weighted by atomic mass is 9.95. The normalized spacial score (nSPS) is 18.1. The summed E-state index contributed by atoms with van der Waals surface area (Å²) in [6.07, 6.45) is -0.00222. The van der Waals surface area contributed by atoms with E-state index >= 15 is 0 Å². The van der Waals surface area contributed by atoms with Gasteiger partial charge in [0, 0.05) is 29.3 Å². The first-order chi connectivity index (χ1) is 14.7. The first-order valence-corrected chi connectivity index (χ1v) is 10.5. The Morgan fingerprint density at radius 2 is 1.81 bits per heavy atom. The Bertz CT molecular complexity index is 1020. The lowest BCUT2D eigenvalue weighted by Gasteiger charge is -2.25. The average Bonchev–Trinajstić information content (AvgIpc) is 2.96. The van der Waals surface area contributed by atoms with Gasteiger partial charge in [-0.1, -0.05) is 29.3 Å². The van der Waals surface area contributed by atoms with Crippen molar-refractivity contribution in [2.24, 2.45) is 0 Å². The number of ketones is 1. The van der Waals surface area contributed by atoms with Crippen molar-refractivity contribution in [1.82, 2.24) is 4.90 Å². The summed E-state index contributed by atoms with van der Waals surface area (Å²) >= 11 is 12.4. The van der Waals surface area contributed by atoms with Crippen LogP contribution in [-0.4, -0.2) is 48.1 Å². The molecule has 2 aromatic carbocycles. The molecular formula is C23H23Cl2NO5. The lowest BCUT2D eigenvalue weighted by Crippen LogP contribution is -2.32. The van der Waals surface area contributed by atoms with Crippen molar-refractivity contribution in [3.63, 3.8) is 0 Å². The first kappa shape index (κ1) is 23.1. The molecule has 164 valence electrons. The lowest BCUT2D eigenvalue weighted by molar-refractivity contribution is -0.140. The molecule has 1 fully saturated rings. The molecule has 1 heterocycles. The summed E-state index contributed by atoms with van der Waals surface area (Å²) in [5.41, 5.74) is 0.835. The number of likely N-dealkylation sites (tertiary alicyclic amines) is 1. The van der Waals surface area contributed by atoms with Crippen LogP contribution >= 0.6 is 23.2 Å². The van der Waals surface area contributed by atoms with Crippen LogP contribution in [0, 0.1) is 0 Å². The van der Waals surface area contributed by atoms with Crippen LogP contribution in [0.1, 0.15) is 31.0 Å². The van der Waals surface area contributed by atoms with E-state index in [1.165, 1.54) is 18.1 Å². The Morgan fingerprint density at radius 1 is 1.13 bits per heavy atom. The van der Waals surface area contributed by atoms with Crippen LogP contribution in [-0.2, 0) is 14.3 Å². The van der Waals surface area contributed by atoms with Gasteiger partial charge in [0.2, 0.25) is 0 Å². The van der Waals surface area contributed by atoms with Crippen molar-refractivity contribution in [3.05, 3.63) is 69.2 Å². The zero-order valence-corrected chi connectivity index (χ0v) is 18.9. The third-order valence-electron chi connectivity index (χ3n) is 4.83. The SMILES string of the molecule is COCCN1C(=O)C(=O)/C(=C(/O)c2ccc(OC(C)C)cc2)[C@@H]1c1ccc(Cl)cc1Cl.